The largest absolute Gasteiger partial charge is 0.397 e. The van der Waals surface area contributed by atoms with Crippen LogP contribution in [0, 0.1) is 6.92 Å². The van der Waals surface area contributed by atoms with E-state index in [1.54, 1.807) is 13.0 Å². The average Bonchev–Trinajstić information content (AvgIpc) is 2.38. The molecule has 21 heavy (non-hydrogen) atoms. The third-order valence-electron chi connectivity index (χ3n) is 2.78. The average molecular weight is 366 g/mol. The van der Waals surface area contributed by atoms with E-state index < -0.39 is 10.0 Å². The van der Waals surface area contributed by atoms with Gasteiger partial charge in [-0.2, -0.15) is 0 Å². The highest BCUT2D eigenvalue weighted by Gasteiger charge is 2.21. The summed E-state index contributed by atoms with van der Waals surface area (Å²) >= 11 is 17.8. The van der Waals surface area contributed by atoms with E-state index in [9.17, 15) is 8.42 Å². The number of nitrogens with two attached hydrogens (primary N) is 1. The van der Waals surface area contributed by atoms with Gasteiger partial charge in [-0.25, -0.2) is 8.42 Å². The fourth-order valence-corrected chi connectivity index (χ4v) is 3.93. The molecular weight excluding hydrogens is 355 g/mol. The van der Waals surface area contributed by atoms with Gasteiger partial charge in [0.05, 0.1) is 31.3 Å². The molecule has 3 N–H and O–H groups in total. The van der Waals surface area contributed by atoms with Crippen molar-refractivity contribution in [3.63, 3.8) is 0 Å². The van der Waals surface area contributed by atoms with Gasteiger partial charge in [0.2, 0.25) is 0 Å². The Morgan fingerprint density at radius 1 is 1.05 bits per heavy atom. The lowest BCUT2D eigenvalue weighted by molar-refractivity contribution is 0.600. The van der Waals surface area contributed by atoms with Crippen molar-refractivity contribution in [2.45, 2.75) is 11.8 Å². The molecule has 2 aromatic rings. The Labute approximate surface area is 137 Å². The van der Waals surface area contributed by atoms with Crippen molar-refractivity contribution in [2.24, 2.45) is 0 Å². The number of para-hydroxylation sites is 1. The van der Waals surface area contributed by atoms with Gasteiger partial charge in [0.25, 0.3) is 10.0 Å². The van der Waals surface area contributed by atoms with E-state index in [0.29, 0.717) is 10.6 Å². The van der Waals surface area contributed by atoms with Gasteiger partial charge in [-0.15, -0.1) is 0 Å². The Morgan fingerprint density at radius 3 is 2.19 bits per heavy atom. The zero-order valence-electron chi connectivity index (χ0n) is 10.8. The SMILES string of the molecule is Cc1cc(Cl)c(N)cc1S(=O)(=O)Nc1c(Cl)cccc1Cl. The predicted molar refractivity (Wildman–Crippen MR) is 87.9 cm³/mol. The van der Waals surface area contributed by atoms with Crippen LogP contribution in [0.3, 0.4) is 0 Å². The van der Waals surface area contributed by atoms with Crippen molar-refractivity contribution in [1.82, 2.24) is 0 Å². The summed E-state index contributed by atoms with van der Waals surface area (Å²) in [4.78, 5) is 0.0142. The highest BCUT2D eigenvalue weighted by molar-refractivity contribution is 7.92. The van der Waals surface area contributed by atoms with Gasteiger partial charge in [-0.05, 0) is 36.8 Å². The van der Waals surface area contributed by atoms with Gasteiger partial charge in [0.15, 0.2) is 0 Å². The highest BCUT2D eigenvalue weighted by atomic mass is 35.5. The van der Waals surface area contributed by atoms with Gasteiger partial charge < -0.3 is 5.73 Å². The number of benzene rings is 2. The van der Waals surface area contributed by atoms with Crippen LogP contribution in [0.4, 0.5) is 11.4 Å². The standard InChI is InChI=1S/C13H11Cl3N2O2S/c1-7-5-10(16)11(17)6-12(7)21(19,20)18-13-8(14)3-2-4-9(13)15/h2-6,18H,17H2,1H3. The normalized spacial score (nSPS) is 11.4. The molecule has 8 heteroatoms. The van der Waals surface area contributed by atoms with Gasteiger partial charge in [-0.1, -0.05) is 40.9 Å². The van der Waals surface area contributed by atoms with Gasteiger partial charge >= 0.3 is 0 Å². The number of rotatable bonds is 3. The van der Waals surface area contributed by atoms with Gasteiger partial charge in [0, 0.05) is 0 Å². The molecule has 112 valence electrons. The maximum absolute atomic E-state index is 12.5. The summed E-state index contributed by atoms with van der Waals surface area (Å²) in [7, 11) is -3.89. The summed E-state index contributed by atoms with van der Waals surface area (Å²) in [6.07, 6.45) is 0. The first-order chi connectivity index (χ1) is 9.72. The predicted octanol–water partition coefficient (Wildman–Crippen LogP) is 4.34. The Kier molecular flexibility index (Phi) is 4.58. The zero-order chi connectivity index (χ0) is 15.8. The lowest BCUT2D eigenvalue weighted by Crippen LogP contribution is -2.15. The Morgan fingerprint density at radius 2 is 1.62 bits per heavy atom. The Balaban J connectivity index is 2.51. The molecule has 4 nitrogen and oxygen atoms in total. The molecular formula is C13H11Cl3N2O2S. The quantitative estimate of drug-likeness (QED) is 0.795. The molecule has 0 heterocycles. The summed E-state index contributed by atoms with van der Waals surface area (Å²) in [5.74, 6) is 0. The minimum Gasteiger partial charge on any atom is -0.397 e. The molecule has 0 aliphatic rings. The van der Waals surface area contributed by atoms with Crippen molar-refractivity contribution in [3.8, 4) is 0 Å². The molecule has 2 aromatic carbocycles. The molecule has 0 amide bonds. The van der Waals surface area contributed by atoms with Crippen LogP contribution in [-0.4, -0.2) is 8.42 Å². The van der Waals surface area contributed by atoms with Crippen LogP contribution in [0.25, 0.3) is 0 Å². The summed E-state index contributed by atoms with van der Waals surface area (Å²) in [5, 5.41) is 0.693. The number of anilines is 2. The third kappa shape index (κ3) is 3.37. The van der Waals surface area contributed by atoms with Crippen LogP contribution < -0.4 is 10.5 Å². The summed E-state index contributed by atoms with van der Waals surface area (Å²) in [5.41, 5.74) is 6.42. The van der Waals surface area contributed by atoms with Crippen LogP contribution in [-0.2, 0) is 10.0 Å². The molecule has 0 saturated carbocycles. The monoisotopic (exact) mass is 364 g/mol. The number of aryl methyl sites for hydroxylation is 1. The number of nitrogens with one attached hydrogen (secondary N) is 1. The topological polar surface area (TPSA) is 72.2 Å². The fraction of sp³-hybridized carbons (Fsp3) is 0.0769. The van der Waals surface area contributed by atoms with E-state index in [0.717, 1.165) is 0 Å². The number of nitrogen functional groups attached to an aromatic ring is 1. The number of hydrogen-bond donors (Lipinski definition) is 2. The molecule has 0 aliphatic heterocycles. The maximum atomic E-state index is 12.5. The first kappa shape index (κ1) is 16.2. The molecule has 0 aromatic heterocycles. The number of halogens is 3. The summed E-state index contributed by atoms with van der Waals surface area (Å²) < 4.78 is 27.3. The second kappa shape index (κ2) is 5.93. The molecule has 0 unspecified atom stereocenters. The molecule has 0 aliphatic carbocycles. The van der Waals surface area contributed by atoms with Crippen molar-refractivity contribution in [2.75, 3.05) is 10.5 Å². The van der Waals surface area contributed by atoms with E-state index in [4.69, 9.17) is 40.5 Å². The fourth-order valence-electron chi connectivity index (χ4n) is 1.74. The molecule has 0 atom stereocenters. The first-order valence-corrected chi connectivity index (χ1v) is 8.36. The van der Waals surface area contributed by atoms with Crippen molar-refractivity contribution < 1.29 is 8.42 Å². The first-order valence-electron chi connectivity index (χ1n) is 5.75. The molecule has 2 rings (SSSR count). The van der Waals surface area contributed by atoms with E-state index in [1.807, 2.05) is 0 Å². The van der Waals surface area contributed by atoms with E-state index in [2.05, 4.69) is 4.72 Å². The van der Waals surface area contributed by atoms with Crippen LogP contribution in [0.15, 0.2) is 35.2 Å². The Hall–Kier alpha value is -1.14. The van der Waals surface area contributed by atoms with Gasteiger partial charge in [-0.3, -0.25) is 4.72 Å². The van der Waals surface area contributed by atoms with Crippen molar-refractivity contribution in [3.05, 3.63) is 51.0 Å². The third-order valence-corrected chi connectivity index (χ3v) is 5.23. The second-order valence-corrected chi connectivity index (χ2v) is 7.21. The molecule has 0 bridgehead atoms. The van der Waals surface area contributed by atoms with Crippen LogP contribution in [0.2, 0.25) is 15.1 Å². The Bertz CT molecular complexity index is 787. The lowest BCUT2D eigenvalue weighted by Gasteiger charge is -2.13. The van der Waals surface area contributed by atoms with Crippen LogP contribution in [0.1, 0.15) is 5.56 Å². The minimum absolute atomic E-state index is 0.0142. The van der Waals surface area contributed by atoms with E-state index in [1.165, 1.54) is 24.3 Å². The summed E-state index contributed by atoms with van der Waals surface area (Å²) in [6, 6.07) is 7.47. The van der Waals surface area contributed by atoms with Crippen LogP contribution >= 0.6 is 34.8 Å². The zero-order valence-corrected chi connectivity index (χ0v) is 13.9. The smallest absolute Gasteiger partial charge is 0.262 e. The van der Waals surface area contributed by atoms with E-state index >= 15 is 0 Å². The van der Waals surface area contributed by atoms with Crippen LogP contribution in [0.5, 0.6) is 0 Å². The molecule has 0 saturated heterocycles. The molecule has 0 spiro atoms. The van der Waals surface area contributed by atoms with E-state index in [-0.39, 0.29) is 26.3 Å². The van der Waals surface area contributed by atoms with Crippen molar-refractivity contribution >= 4 is 56.2 Å². The lowest BCUT2D eigenvalue weighted by atomic mass is 10.2. The van der Waals surface area contributed by atoms with Gasteiger partial charge in [0.1, 0.15) is 0 Å². The second-order valence-electron chi connectivity index (χ2n) is 4.34. The number of sulfonamides is 1. The summed E-state index contributed by atoms with van der Waals surface area (Å²) in [6.45, 7) is 1.62. The number of hydrogen-bond acceptors (Lipinski definition) is 3. The molecule has 0 radical (unpaired) electrons. The molecule has 0 fully saturated rings. The minimum atomic E-state index is -3.89. The highest BCUT2D eigenvalue weighted by Crippen LogP contribution is 2.33. The van der Waals surface area contributed by atoms with Crippen molar-refractivity contribution in [1.29, 1.82) is 0 Å². The maximum Gasteiger partial charge on any atom is 0.262 e.